The maximum Gasteiger partial charge on any atom is 0.375 e. The topological polar surface area (TPSA) is 26.2 Å². The summed E-state index contributed by atoms with van der Waals surface area (Å²) in [5.74, 6) is 1.71. The molecule has 0 bridgehead atoms. The molecular weight excluding hydrogens is 324 g/mol. The van der Waals surface area contributed by atoms with Gasteiger partial charge in [0.25, 0.3) is 0 Å². The lowest BCUT2D eigenvalue weighted by molar-refractivity contribution is -0.677. The summed E-state index contributed by atoms with van der Waals surface area (Å²) in [6, 6.07) is 20.7. The molecule has 0 unspecified atom stereocenters. The van der Waals surface area contributed by atoms with Crippen LogP contribution < -0.4 is 18.6 Å². The molecule has 0 N–H and O–H groups in total. The number of aryl methyl sites for hydroxylation is 2. The van der Waals surface area contributed by atoms with E-state index in [9.17, 15) is 0 Å². The van der Waals surface area contributed by atoms with Gasteiger partial charge < -0.3 is 9.47 Å². The Balaban J connectivity index is 1.50. The van der Waals surface area contributed by atoms with Gasteiger partial charge in [-0.2, -0.15) is 9.13 Å². The van der Waals surface area contributed by atoms with Crippen molar-refractivity contribution in [2.24, 2.45) is 14.1 Å². The van der Waals surface area contributed by atoms with Crippen LogP contribution in [0.4, 0.5) is 0 Å². The predicted octanol–water partition coefficient (Wildman–Crippen LogP) is 3.10. The molecular formula is C22H22N2O2+2. The molecule has 130 valence electrons. The van der Waals surface area contributed by atoms with Crippen LogP contribution in [0.3, 0.4) is 0 Å². The van der Waals surface area contributed by atoms with Gasteiger partial charge in [0.2, 0.25) is 0 Å². The van der Waals surface area contributed by atoms with Crippen LogP contribution in [0.1, 0.15) is 0 Å². The quantitative estimate of drug-likeness (QED) is 0.410. The number of hydrogen-bond donors (Lipinski definition) is 0. The van der Waals surface area contributed by atoms with E-state index in [4.69, 9.17) is 9.47 Å². The molecule has 0 aliphatic heterocycles. The Morgan fingerprint density at radius 1 is 0.615 bits per heavy atom. The smallest absolute Gasteiger partial charge is 0.375 e. The Bertz CT molecular complexity index is 989. The molecule has 2 aromatic carbocycles. The van der Waals surface area contributed by atoms with Gasteiger partial charge in [0.1, 0.15) is 27.3 Å². The highest BCUT2D eigenvalue weighted by Crippen LogP contribution is 2.22. The molecule has 0 aliphatic carbocycles. The standard InChI is InChI=1S/C22H22N2O2/c1-23-13-11-17-7-3-5-9-19(17)21(23)25-15-16-26-22-20-10-6-4-8-18(20)12-14-24(22)2/h3-14H,15-16H2,1-2H3/q+2. The number of rotatable bonds is 5. The predicted molar refractivity (Wildman–Crippen MR) is 101 cm³/mol. The highest BCUT2D eigenvalue weighted by atomic mass is 16.5. The zero-order chi connectivity index (χ0) is 17.9. The molecule has 0 fully saturated rings. The SMILES string of the molecule is C[n+]1ccc2ccccc2c1OCCOc1c2ccccc2cc[n+]1C. The minimum atomic E-state index is 0.477. The molecule has 26 heavy (non-hydrogen) atoms. The first-order valence-electron chi connectivity index (χ1n) is 8.74. The molecule has 0 atom stereocenters. The maximum absolute atomic E-state index is 6.05. The van der Waals surface area contributed by atoms with Crippen molar-refractivity contribution in [1.29, 1.82) is 0 Å². The number of fused-ring (bicyclic) bond motifs is 2. The zero-order valence-corrected chi connectivity index (χ0v) is 15.1. The second kappa shape index (κ2) is 7.00. The second-order valence-electron chi connectivity index (χ2n) is 6.34. The van der Waals surface area contributed by atoms with Gasteiger partial charge >= 0.3 is 11.8 Å². The molecule has 0 aliphatic rings. The summed E-state index contributed by atoms with van der Waals surface area (Å²) in [6.45, 7) is 0.955. The lowest BCUT2D eigenvalue weighted by atomic mass is 10.2. The van der Waals surface area contributed by atoms with E-state index in [2.05, 4.69) is 36.4 Å². The summed E-state index contributed by atoms with van der Waals surface area (Å²) in [5, 5.41) is 4.55. The number of nitrogens with zero attached hydrogens (tertiary/aromatic N) is 2. The normalized spacial score (nSPS) is 11.0. The summed E-state index contributed by atoms with van der Waals surface area (Å²) in [4.78, 5) is 0. The highest BCUT2D eigenvalue weighted by molar-refractivity contribution is 5.86. The van der Waals surface area contributed by atoms with E-state index in [-0.39, 0.29) is 0 Å². The summed E-state index contributed by atoms with van der Waals surface area (Å²) < 4.78 is 16.1. The van der Waals surface area contributed by atoms with Gasteiger partial charge in [0, 0.05) is 12.1 Å². The van der Waals surface area contributed by atoms with E-state index < -0.39 is 0 Å². The Labute approximate surface area is 152 Å². The molecule has 2 heterocycles. The lowest BCUT2D eigenvalue weighted by Gasteiger charge is -2.08. The van der Waals surface area contributed by atoms with Crippen LogP contribution in [0.15, 0.2) is 73.1 Å². The van der Waals surface area contributed by atoms with Crippen LogP contribution in [-0.4, -0.2) is 13.2 Å². The van der Waals surface area contributed by atoms with Gasteiger partial charge in [-0.15, -0.1) is 0 Å². The minimum Gasteiger partial charge on any atom is -0.440 e. The van der Waals surface area contributed by atoms with Gasteiger partial charge in [-0.3, -0.25) is 0 Å². The van der Waals surface area contributed by atoms with Gasteiger partial charge in [0.15, 0.2) is 12.4 Å². The van der Waals surface area contributed by atoms with Crippen LogP contribution >= 0.6 is 0 Å². The lowest BCUT2D eigenvalue weighted by Crippen LogP contribution is -2.33. The van der Waals surface area contributed by atoms with E-state index in [1.165, 1.54) is 10.8 Å². The molecule has 0 amide bonds. The van der Waals surface area contributed by atoms with Gasteiger partial charge in [-0.25, -0.2) is 0 Å². The van der Waals surface area contributed by atoms with Crippen LogP contribution in [0.25, 0.3) is 21.5 Å². The Morgan fingerprint density at radius 3 is 1.50 bits per heavy atom. The second-order valence-corrected chi connectivity index (χ2v) is 6.34. The average Bonchev–Trinajstić information content (AvgIpc) is 2.68. The van der Waals surface area contributed by atoms with Crippen LogP contribution in [0, 0.1) is 0 Å². The van der Waals surface area contributed by atoms with Crippen molar-refractivity contribution in [3.05, 3.63) is 73.1 Å². The first-order chi connectivity index (χ1) is 12.7. The van der Waals surface area contributed by atoms with Crippen molar-refractivity contribution in [1.82, 2.24) is 0 Å². The third-order valence-electron chi connectivity index (χ3n) is 4.54. The number of ether oxygens (including phenoxy) is 2. The monoisotopic (exact) mass is 346 g/mol. The first-order valence-corrected chi connectivity index (χ1v) is 8.74. The number of benzene rings is 2. The van der Waals surface area contributed by atoms with Crippen molar-refractivity contribution < 1.29 is 18.6 Å². The molecule has 4 aromatic rings. The summed E-state index contributed by atoms with van der Waals surface area (Å²) in [7, 11) is 3.99. The minimum absolute atomic E-state index is 0.477. The van der Waals surface area contributed by atoms with Crippen LogP contribution in [-0.2, 0) is 14.1 Å². The first kappa shape index (κ1) is 16.3. The highest BCUT2D eigenvalue weighted by Gasteiger charge is 2.16. The Morgan fingerprint density at radius 2 is 1.04 bits per heavy atom. The Kier molecular flexibility index (Phi) is 4.40. The maximum atomic E-state index is 6.05. The van der Waals surface area contributed by atoms with Crippen molar-refractivity contribution in [3.63, 3.8) is 0 Å². The fraction of sp³-hybridized carbons (Fsp3) is 0.182. The molecule has 2 aromatic heterocycles. The zero-order valence-electron chi connectivity index (χ0n) is 15.1. The fourth-order valence-corrected chi connectivity index (χ4v) is 3.21. The van der Waals surface area contributed by atoms with Crippen molar-refractivity contribution in [2.75, 3.05) is 13.2 Å². The molecule has 0 saturated carbocycles. The third kappa shape index (κ3) is 3.06. The van der Waals surface area contributed by atoms with Crippen LogP contribution in [0.5, 0.6) is 11.8 Å². The molecule has 4 nitrogen and oxygen atoms in total. The van der Waals surface area contributed by atoms with Crippen molar-refractivity contribution >= 4 is 21.5 Å². The number of hydrogen-bond acceptors (Lipinski definition) is 2. The van der Waals surface area contributed by atoms with E-state index in [1.54, 1.807) is 0 Å². The molecule has 0 radical (unpaired) electrons. The van der Waals surface area contributed by atoms with Crippen LogP contribution in [0.2, 0.25) is 0 Å². The molecule has 0 saturated heterocycles. The molecule has 4 rings (SSSR count). The van der Waals surface area contributed by atoms with Gasteiger partial charge in [-0.05, 0) is 22.9 Å². The molecule has 4 heteroatoms. The van der Waals surface area contributed by atoms with Crippen molar-refractivity contribution in [3.8, 4) is 11.8 Å². The number of pyridine rings is 2. The average molecular weight is 346 g/mol. The summed E-state index contributed by atoms with van der Waals surface area (Å²) in [5.41, 5.74) is 0. The molecule has 0 spiro atoms. The third-order valence-corrected chi connectivity index (χ3v) is 4.54. The van der Waals surface area contributed by atoms with Gasteiger partial charge in [-0.1, -0.05) is 36.4 Å². The Hall–Kier alpha value is -3.14. The van der Waals surface area contributed by atoms with E-state index in [1.807, 2.05) is 59.9 Å². The van der Waals surface area contributed by atoms with Gasteiger partial charge in [0.05, 0.1) is 10.8 Å². The number of aromatic nitrogens is 2. The fourth-order valence-electron chi connectivity index (χ4n) is 3.21. The summed E-state index contributed by atoms with van der Waals surface area (Å²) >= 11 is 0. The van der Waals surface area contributed by atoms with E-state index in [0.29, 0.717) is 13.2 Å². The largest absolute Gasteiger partial charge is 0.440 e. The summed E-state index contributed by atoms with van der Waals surface area (Å²) in [6.07, 6.45) is 4.03. The van der Waals surface area contributed by atoms with E-state index >= 15 is 0 Å². The van der Waals surface area contributed by atoms with Crippen molar-refractivity contribution in [2.45, 2.75) is 0 Å². The van der Waals surface area contributed by atoms with E-state index in [0.717, 1.165) is 22.5 Å².